The fraction of sp³-hybridized carbons (Fsp3) is 0.231. The van der Waals surface area contributed by atoms with Gasteiger partial charge in [-0.2, -0.15) is 0 Å². The lowest BCUT2D eigenvalue weighted by Gasteiger charge is -2.01. The van der Waals surface area contributed by atoms with E-state index < -0.39 is 11.9 Å². The molecule has 0 amide bonds. The molecule has 1 N–H and O–H groups in total. The van der Waals surface area contributed by atoms with Gasteiger partial charge in [-0.1, -0.05) is 12.1 Å². The number of ether oxygens (including phenoxy) is 1. The summed E-state index contributed by atoms with van der Waals surface area (Å²) in [6, 6.07) is 4.87. The molecule has 1 aromatic carbocycles. The van der Waals surface area contributed by atoms with Crippen molar-refractivity contribution in [1.82, 2.24) is 0 Å². The minimum absolute atomic E-state index is 0.262. The first-order chi connectivity index (χ1) is 8.04. The minimum atomic E-state index is -0.955. The van der Waals surface area contributed by atoms with Crippen molar-refractivity contribution in [3.8, 4) is 0 Å². The number of aryl methyl sites for hydroxylation is 1. The van der Waals surface area contributed by atoms with Crippen LogP contribution in [0.1, 0.15) is 28.4 Å². The average Bonchev–Trinajstić information content (AvgIpc) is 2.26. The molecule has 1 rings (SSSR count). The number of hydrogen-bond acceptors (Lipinski definition) is 3. The van der Waals surface area contributed by atoms with Crippen molar-refractivity contribution >= 4 is 18.0 Å². The Morgan fingerprint density at radius 3 is 2.65 bits per heavy atom. The third-order valence-corrected chi connectivity index (χ3v) is 2.18. The van der Waals surface area contributed by atoms with Gasteiger partial charge in [-0.3, -0.25) is 0 Å². The van der Waals surface area contributed by atoms with Gasteiger partial charge in [-0.25, -0.2) is 9.59 Å². The van der Waals surface area contributed by atoms with Crippen molar-refractivity contribution in [2.24, 2.45) is 0 Å². The van der Waals surface area contributed by atoms with Crippen LogP contribution in [0.5, 0.6) is 0 Å². The lowest BCUT2D eigenvalue weighted by atomic mass is 10.1. The molecule has 0 spiro atoms. The number of carbonyl (C=O) groups excluding carboxylic acids is 1. The molecule has 0 saturated heterocycles. The highest BCUT2D eigenvalue weighted by Gasteiger charge is 2.06. The van der Waals surface area contributed by atoms with Crippen molar-refractivity contribution in [3.63, 3.8) is 0 Å². The first kappa shape index (κ1) is 13.0. The number of carboxylic acid groups (broad SMARTS) is 1. The van der Waals surface area contributed by atoms with Crippen LogP contribution in [0.15, 0.2) is 24.3 Å². The first-order valence-electron chi connectivity index (χ1n) is 5.23. The molecule has 0 atom stereocenters. The van der Waals surface area contributed by atoms with E-state index in [1.165, 1.54) is 12.1 Å². The van der Waals surface area contributed by atoms with Crippen molar-refractivity contribution in [3.05, 3.63) is 41.0 Å². The van der Waals surface area contributed by atoms with Gasteiger partial charge in [0.1, 0.15) is 0 Å². The van der Waals surface area contributed by atoms with Gasteiger partial charge < -0.3 is 9.84 Å². The van der Waals surface area contributed by atoms with Crippen LogP contribution in [0, 0.1) is 6.92 Å². The number of hydrogen-bond donors (Lipinski definition) is 1. The average molecular weight is 234 g/mol. The Hall–Kier alpha value is -2.10. The second kappa shape index (κ2) is 5.84. The fourth-order valence-corrected chi connectivity index (χ4v) is 1.39. The zero-order valence-electron chi connectivity index (χ0n) is 9.77. The predicted octanol–water partition coefficient (Wildman–Crippen LogP) is 2.27. The highest BCUT2D eigenvalue weighted by atomic mass is 16.5. The van der Waals surface area contributed by atoms with Gasteiger partial charge in [-0.05, 0) is 37.1 Å². The maximum Gasteiger partial charge on any atom is 0.335 e. The quantitative estimate of drug-likeness (QED) is 0.641. The molecule has 0 aliphatic heterocycles. The van der Waals surface area contributed by atoms with E-state index in [0.29, 0.717) is 12.2 Å². The Morgan fingerprint density at radius 2 is 2.12 bits per heavy atom. The number of aromatic carboxylic acids is 1. The van der Waals surface area contributed by atoms with E-state index in [1.807, 2.05) is 0 Å². The summed E-state index contributed by atoms with van der Waals surface area (Å²) in [4.78, 5) is 21.9. The van der Waals surface area contributed by atoms with E-state index in [2.05, 4.69) is 0 Å². The summed E-state index contributed by atoms with van der Waals surface area (Å²) in [7, 11) is 0. The monoisotopic (exact) mass is 234 g/mol. The second-order valence-electron chi connectivity index (χ2n) is 3.46. The van der Waals surface area contributed by atoms with Crippen LogP contribution in [-0.2, 0) is 9.53 Å². The number of benzene rings is 1. The summed E-state index contributed by atoms with van der Waals surface area (Å²) >= 11 is 0. The highest BCUT2D eigenvalue weighted by Crippen LogP contribution is 2.12. The third-order valence-electron chi connectivity index (χ3n) is 2.18. The molecule has 1 aromatic rings. The van der Waals surface area contributed by atoms with Gasteiger partial charge >= 0.3 is 11.9 Å². The molecule has 0 saturated carbocycles. The summed E-state index contributed by atoms with van der Waals surface area (Å²) in [5.74, 6) is -1.36. The standard InChI is InChI=1S/C13H14O4/c1-3-17-12(14)7-5-10-4-6-11(13(15)16)9(2)8-10/h4-8H,3H2,1-2H3,(H,15,16). The van der Waals surface area contributed by atoms with E-state index in [0.717, 1.165) is 5.56 Å². The number of esters is 1. The highest BCUT2D eigenvalue weighted by molar-refractivity contribution is 5.90. The maximum absolute atomic E-state index is 11.1. The summed E-state index contributed by atoms with van der Waals surface area (Å²) in [5, 5.41) is 8.85. The lowest BCUT2D eigenvalue weighted by molar-refractivity contribution is -0.137. The molecular weight excluding hydrogens is 220 g/mol. The van der Waals surface area contributed by atoms with Crippen LogP contribution < -0.4 is 0 Å². The fourth-order valence-electron chi connectivity index (χ4n) is 1.39. The Kier molecular flexibility index (Phi) is 4.46. The Labute approximate surface area is 99.5 Å². The molecule has 0 fully saturated rings. The zero-order chi connectivity index (χ0) is 12.8. The van der Waals surface area contributed by atoms with Crippen molar-refractivity contribution in [1.29, 1.82) is 0 Å². The Morgan fingerprint density at radius 1 is 1.41 bits per heavy atom. The molecule has 4 heteroatoms. The second-order valence-corrected chi connectivity index (χ2v) is 3.46. The molecule has 0 aliphatic carbocycles. The molecule has 90 valence electrons. The largest absolute Gasteiger partial charge is 0.478 e. The van der Waals surface area contributed by atoms with Gasteiger partial charge in [0.15, 0.2) is 0 Å². The molecular formula is C13H14O4. The van der Waals surface area contributed by atoms with Gasteiger partial charge in [-0.15, -0.1) is 0 Å². The Bertz CT molecular complexity index is 460. The number of carboxylic acids is 1. The lowest BCUT2D eigenvalue weighted by Crippen LogP contribution is -2.00. The number of carbonyl (C=O) groups is 2. The van der Waals surface area contributed by atoms with E-state index >= 15 is 0 Å². The molecule has 0 bridgehead atoms. The molecule has 0 radical (unpaired) electrons. The first-order valence-corrected chi connectivity index (χ1v) is 5.23. The van der Waals surface area contributed by atoms with E-state index in [1.54, 1.807) is 32.1 Å². The molecule has 0 heterocycles. The molecule has 4 nitrogen and oxygen atoms in total. The van der Waals surface area contributed by atoms with Crippen molar-refractivity contribution < 1.29 is 19.4 Å². The van der Waals surface area contributed by atoms with Gasteiger partial charge in [0.05, 0.1) is 12.2 Å². The normalized spacial score (nSPS) is 10.5. The van der Waals surface area contributed by atoms with Crippen LogP contribution >= 0.6 is 0 Å². The molecule has 0 aromatic heterocycles. The Balaban J connectivity index is 2.84. The smallest absolute Gasteiger partial charge is 0.335 e. The minimum Gasteiger partial charge on any atom is -0.478 e. The van der Waals surface area contributed by atoms with Gasteiger partial charge in [0, 0.05) is 6.08 Å². The summed E-state index contributed by atoms with van der Waals surface area (Å²) < 4.78 is 4.74. The zero-order valence-corrected chi connectivity index (χ0v) is 9.77. The maximum atomic E-state index is 11.1. The third kappa shape index (κ3) is 3.75. The van der Waals surface area contributed by atoms with E-state index in [-0.39, 0.29) is 5.56 Å². The van der Waals surface area contributed by atoms with E-state index in [4.69, 9.17) is 9.84 Å². The van der Waals surface area contributed by atoms with Crippen LogP contribution in [0.25, 0.3) is 6.08 Å². The van der Waals surface area contributed by atoms with Crippen LogP contribution in [0.2, 0.25) is 0 Å². The summed E-state index contributed by atoms with van der Waals surface area (Å²) in [6.45, 7) is 3.78. The van der Waals surface area contributed by atoms with Gasteiger partial charge in [0.25, 0.3) is 0 Å². The van der Waals surface area contributed by atoms with Crippen molar-refractivity contribution in [2.45, 2.75) is 13.8 Å². The van der Waals surface area contributed by atoms with Crippen LogP contribution in [0.3, 0.4) is 0 Å². The van der Waals surface area contributed by atoms with Crippen molar-refractivity contribution in [2.75, 3.05) is 6.61 Å². The molecule has 0 unspecified atom stereocenters. The molecule has 17 heavy (non-hydrogen) atoms. The van der Waals surface area contributed by atoms with Crippen LogP contribution in [0.4, 0.5) is 0 Å². The summed E-state index contributed by atoms with van der Waals surface area (Å²) in [5.41, 5.74) is 1.68. The molecule has 0 aliphatic rings. The topological polar surface area (TPSA) is 63.6 Å². The van der Waals surface area contributed by atoms with Crippen LogP contribution in [-0.4, -0.2) is 23.7 Å². The van der Waals surface area contributed by atoms with E-state index in [9.17, 15) is 9.59 Å². The van der Waals surface area contributed by atoms with Gasteiger partial charge in [0.2, 0.25) is 0 Å². The number of rotatable bonds is 4. The predicted molar refractivity (Wildman–Crippen MR) is 63.8 cm³/mol. The SMILES string of the molecule is CCOC(=O)C=Cc1ccc(C(=O)O)c(C)c1. The summed E-state index contributed by atoms with van der Waals surface area (Å²) in [6.07, 6.45) is 2.91.